The molecule has 1 fully saturated rings. The van der Waals surface area contributed by atoms with E-state index in [4.69, 9.17) is 16.3 Å². The highest BCUT2D eigenvalue weighted by Gasteiger charge is 2.43. The second kappa shape index (κ2) is 7.82. The van der Waals surface area contributed by atoms with Crippen molar-refractivity contribution in [3.8, 4) is 5.75 Å². The number of aromatic nitrogens is 1. The number of fused-ring (bicyclic) bond motifs is 2. The molecule has 3 aromatic rings. The maximum Gasteiger partial charge on any atom is 0.126 e. The second-order valence-electron chi connectivity index (χ2n) is 9.17. The number of aliphatic hydroxyl groups is 2. The Morgan fingerprint density at radius 1 is 1.23 bits per heavy atom. The molecule has 164 valence electrons. The normalized spacial score (nSPS) is 21.8. The maximum atomic E-state index is 11.0. The van der Waals surface area contributed by atoms with Gasteiger partial charge >= 0.3 is 0 Å². The van der Waals surface area contributed by atoms with Gasteiger partial charge < -0.3 is 24.4 Å². The molecule has 2 aliphatic rings. The van der Waals surface area contributed by atoms with Crippen LogP contribution in [0.5, 0.6) is 5.75 Å². The number of benzene rings is 2. The van der Waals surface area contributed by atoms with Crippen molar-refractivity contribution in [2.45, 2.75) is 44.0 Å². The number of aliphatic hydroxyl groups excluding tert-OH is 2. The molecule has 5 nitrogen and oxygen atoms in total. The number of piperidine rings is 1. The smallest absolute Gasteiger partial charge is 0.126 e. The van der Waals surface area contributed by atoms with Gasteiger partial charge in [0.05, 0.1) is 12.2 Å². The number of hydrogen-bond acceptors (Lipinski definition) is 4. The summed E-state index contributed by atoms with van der Waals surface area (Å²) >= 11 is 6.25. The fourth-order valence-corrected chi connectivity index (χ4v) is 5.36. The Hall–Kier alpha value is -2.05. The van der Waals surface area contributed by atoms with Crippen molar-refractivity contribution in [1.29, 1.82) is 0 Å². The molecule has 2 atom stereocenters. The minimum Gasteiger partial charge on any atom is -0.487 e. The van der Waals surface area contributed by atoms with E-state index >= 15 is 0 Å². The number of rotatable bonds is 3. The topological polar surface area (TPSA) is 57.9 Å². The van der Waals surface area contributed by atoms with E-state index < -0.39 is 12.2 Å². The lowest BCUT2D eigenvalue weighted by atomic mass is 9.81. The van der Waals surface area contributed by atoms with Gasteiger partial charge in [-0.3, -0.25) is 0 Å². The lowest BCUT2D eigenvalue weighted by Gasteiger charge is -2.46. The van der Waals surface area contributed by atoms with Gasteiger partial charge in [-0.15, -0.1) is 0 Å². The molecule has 0 radical (unpaired) electrons. The zero-order chi connectivity index (χ0) is 21.8. The van der Waals surface area contributed by atoms with Crippen LogP contribution in [-0.4, -0.2) is 44.9 Å². The van der Waals surface area contributed by atoms with Crippen LogP contribution in [-0.2, 0) is 7.05 Å². The van der Waals surface area contributed by atoms with Gasteiger partial charge in [-0.05, 0) is 43.5 Å². The third-order valence-electron chi connectivity index (χ3n) is 7.03. The van der Waals surface area contributed by atoms with Crippen LogP contribution in [0.4, 0.5) is 0 Å². The fraction of sp³-hybridized carbons (Fsp3) is 0.440. The molecule has 1 saturated heterocycles. The number of hydrogen-bond donors (Lipinski definition) is 2. The lowest BCUT2D eigenvalue weighted by molar-refractivity contribution is -0.0587. The zero-order valence-electron chi connectivity index (χ0n) is 18.0. The SMILES string of the molecule is Cc1cc2c(cc1Cl)[C@H](O)CC1(CCN(C[C@@H](O)c3cn(C)c4ccccc34)CC1)O2. The first-order valence-corrected chi connectivity index (χ1v) is 11.3. The van der Waals surface area contributed by atoms with E-state index in [-0.39, 0.29) is 5.60 Å². The molecular formula is C25H29ClN2O3. The fourth-order valence-electron chi connectivity index (χ4n) is 5.19. The minimum atomic E-state index is -0.560. The molecule has 0 amide bonds. The van der Waals surface area contributed by atoms with Gasteiger partial charge in [0.2, 0.25) is 0 Å². The molecule has 0 unspecified atom stereocenters. The summed E-state index contributed by atoms with van der Waals surface area (Å²) in [5.74, 6) is 0.755. The molecule has 2 aliphatic heterocycles. The van der Waals surface area contributed by atoms with Gasteiger partial charge in [-0.1, -0.05) is 29.8 Å². The van der Waals surface area contributed by atoms with Gasteiger partial charge in [-0.2, -0.15) is 0 Å². The predicted molar refractivity (Wildman–Crippen MR) is 123 cm³/mol. The van der Waals surface area contributed by atoms with E-state index in [1.165, 1.54) is 0 Å². The Balaban J connectivity index is 1.28. The quantitative estimate of drug-likeness (QED) is 0.628. The molecule has 0 saturated carbocycles. The van der Waals surface area contributed by atoms with Gasteiger partial charge in [0.15, 0.2) is 0 Å². The van der Waals surface area contributed by atoms with Crippen molar-refractivity contribution in [3.63, 3.8) is 0 Å². The zero-order valence-corrected chi connectivity index (χ0v) is 18.8. The first-order valence-electron chi connectivity index (χ1n) is 11.0. The van der Waals surface area contributed by atoms with Crippen LogP contribution in [0.3, 0.4) is 0 Å². The first-order chi connectivity index (χ1) is 14.8. The van der Waals surface area contributed by atoms with Crippen LogP contribution < -0.4 is 4.74 Å². The molecule has 1 aromatic heterocycles. The molecular weight excluding hydrogens is 412 g/mol. The highest BCUT2D eigenvalue weighted by Crippen LogP contribution is 2.46. The van der Waals surface area contributed by atoms with E-state index in [9.17, 15) is 10.2 Å². The number of ether oxygens (including phenoxy) is 1. The molecule has 0 bridgehead atoms. The third kappa shape index (κ3) is 3.74. The standard InChI is InChI=1S/C25H29ClN2O3/c1-16-11-24-18(12-20(16)26)22(29)13-25(31-24)7-9-28(10-8-25)15-23(30)19-14-27(2)21-6-4-3-5-17(19)21/h3-6,11-12,14,22-23,29-30H,7-10,13,15H2,1-2H3/t22-,23-/m1/s1. The summed E-state index contributed by atoms with van der Waals surface area (Å²) in [6.45, 7) is 4.21. The lowest BCUT2D eigenvalue weighted by Crippen LogP contribution is -2.51. The Kier molecular flexibility index (Phi) is 5.25. The Morgan fingerprint density at radius 2 is 1.97 bits per heavy atom. The van der Waals surface area contributed by atoms with Crippen LogP contribution in [0.15, 0.2) is 42.6 Å². The number of nitrogens with zero attached hydrogens (tertiary/aromatic N) is 2. The first kappa shape index (κ1) is 20.8. The van der Waals surface area contributed by atoms with Crippen molar-refractivity contribution in [2.24, 2.45) is 7.05 Å². The van der Waals surface area contributed by atoms with Crippen LogP contribution in [0, 0.1) is 6.92 Å². The van der Waals surface area contributed by atoms with Gasteiger partial charge in [0.25, 0.3) is 0 Å². The molecule has 2 aromatic carbocycles. The summed E-state index contributed by atoms with van der Waals surface area (Å²) in [5, 5.41) is 23.5. The van der Waals surface area contributed by atoms with Crippen LogP contribution in [0.1, 0.15) is 48.2 Å². The largest absolute Gasteiger partial charge is 0.487 e. The molecule has 6 heteroatoms. The molecule has 3 heterocycles. The summed E-state index contributed by atoms with van der Waals surface area (Å²) in [5.41, 5.74) is 3.50. The molecule has 31 heavy (non-hydrogen) atoms. The Morgan fingerprint density at radius 3 is 2.74 bits per heavy atom. The van der Waals surface area contributed by atoms with Crippen molar-refractivity contribution in [2.75, 3.05) is 19.6 Å². The Labute approximate surface area is 187 Å². The Bertz CT molecular complexity index is 1120. The van der Waals surface area contributed by atoms with Gasteiger partial charge in [0.1, 0.15) is 11.4 Å². The summed E-state index contributed by atoms with van der Waals surface area (Å²) in [4.78, 5) is 2.30. The number of halogens is 1. The number of β-amino-alcohol motifs (C(OH)–C–C–N with tert-alkyl or cyclic N) is 1. The van der Waals surface area contributed by atoms with E-state index in [0.29, 0.717) is 18.0 Å². The van der Waals surface area contributed by atoms with E-state index in [0.717, 1.165) is 59.3 Å². The van der Waals surface area contributed by atoms with E-state index in [1.807, 2.05) is 44.4 Å². The number of likely N-dealkylation sites (tertiary alicyclic amines) is 1. The molecule has 0 aliphatic carbocycles. The van der Waals surface area contributed by atoms with Gasteiger partial charge in [-0.25, -0.2) is 0 Å². The molecule has 5 rings (SSSR count). The van der Waals surface area contributed by atoms with Gasteiger partial charge in [0, 0.05) is 66.4 Å². The van der Waals surface area contributed by atoms with Crippen LogP contribution in [0.2, 0.25) is 5.02 Å². The summed E-state index contributed by atoms with van der Waals surface area (Å²) < 4.78 is 8.53. The predicted octanol–water partition coefficient (Wildman–Crippen LogP) is 4.52. The van der Waals surface area contributed by atoms with Crippen LogP contribution in [0.25, 0.3) is 10.9 Å². The molecule has 1 spiro atoms. The summed E-state index contributed by atoms with van der Waals surface area (Å²) in [6.07, 6.45) is 3.17. The summed E-state index contributed by atoms with van der Waals surface area (Å²) in [7, 11) is 2.02. The van der Waals surface area contributed by atoms with Crippen molar-refractivity contribution < 1.29 is 14.9 Å². The second-order valence-corrected chi connectivity index (χ2v) is 9.58. The monoisotopic (exact) mass is 440 g/mol. The highest BCUT2D eigenvalue weighted by molar-refractivity contribution is 6.31. The number of aryl methyl sites for hydroxylation is 2. The average molecular weight is 441 g/mol. The minimum absolute atomic E-state index is 0.354. The van der Waals surface area contributed by atoms with Crippen molar-refractivity contribution in [3.05, 3.63) is 64.3 Å². The average Bonchev–Trinajstić information content (AvgIpc) is 3.09. The van der Waals surface area contributed by atoms with Crippen LogP contribution >= 0.6 is 11.6 Å². The van der Waals surface area contributed by atoms with E-state index in [1.54, 1.807) is 0 Å². The third-order valence-corrected chi connectivity index (χ3v) is 7.43. The number of para-hydroxylation sites is 1. The van der Waals surface area contributed by atoms with Crippen molar-refractivity contribution in [1.82, 2.24) is 9.47 Å². The molecule has 2 N–H and O–H groups in total. The van der Waals surface area contributed by atoms with E-state index in [2.05, 4.69) is 21.6 Å². The highest BCUT2D eigenvalue weighted by atomic mass is 35.5. The summed E-state index contributed by atoms with van der Waals surface area (Å²) in [6, 6.07) is 12.0. The maximum absolute atomic E-state index is 11.0. The van der Waals surface area contributed by atoms with Crippen molar-refractivity contribution >= 4 is 22.5 Å².